The van der Waals surface area contributed by atoms with Crippen molar-refractivity contribution in [3.8, 4) is 0 Å². The molecular formula is C24H42N2. The molecular weight excluding hydrogens is 316 g/mol. The molecule has 0 heterocycles. The highest BCUT2D eigenvalue weighted by atomic mass is 14.7. The molecule has 148 valence electrons. The standard InChI is InChI=1S/C24H42N2/c1-2-3-4-5-6-7-8-9-10-11-12-13-14-15-16-17-22-18-20-23(21-19-22)24(25)26/h18-21H,2-17H2,1H3,(H3,25,26). The van der Waals surface area contributed by atoms with Crippen LogP contribution in [0.5, 0.6) is 0 Å². The molecule has 2 heteroatoms. The summed E-state index contributed by atoms with van der Waals surface area (Å²) in [6.07, 6.45) is 22.3. The Morgan fingerprint density at radius 1 is 0.654 bits per heavy atom. The normalized spacial score (nSPS) is 11.0. The first kappa shape index (κ1) is 22.7. The van der Waals surface area contributed by atoms with E-state index in [-0.39, 0.29) is 5.84 Å². The third-order valence-corrected chi connectivity index (χ3v) is 5.33. The molecule has 0 aliphatic rings. The number of nitrogens with two attached hydrogens (primary N) is 1. The largest absolute Gasteiger partial charge is 0.384 e. The number of nitrogen functional groups attached to an aromatic ring is 1. The van der Waals surface area contributed by atoms with Crippen LogP contribution in [0, 0.1) is 5.41 Å². The smallest absolute Gasteiger partial charge is 0.122 e. The number of aryl methyl sites for hydroxylation is 1. The van der Waals surface area contributed by atoms with Gasteiger partial charge in [-0.1, -0.05) is 121 Å². The molecule has 1 rings (SSSR count). The van der Waals surface area contributed by atoms with Gasteiger partial charge in [-0.05, 0) is 18.4 Å². The minimum absolute atomic E-state index is 0.156. The van der Waals surface area contributed by atoms with Crippen molar-refractivity contribution in [1.29, 1.82) is 5.41 Å². The quantitative estimate of drug-likeness (QED) is 0.170. The monoisotopic (exact) mass is 358 g/mol. The Bertz CT molecular complexity index is 450. The second-order valence-corrected chi connectivity index (χ2v) is 7.81. The van der Waals surface area contributed by atoms with Crippen molar-refractivity contribution in [2.75, 3.05) is 0 Å². The van der Waals surface area contributed by atoms with Gasteiger partial charge in [-0.15, -0.1) is 0 Å². The Morgan fingerprint density at radius 3 is 1.42 bits per heavy atom. The maximum atomic E-state index is 7.41. The minimum Gasteiger partial charge on any atom is -0.384 e. The Labute approximate surface area is 162 Å². The Kier molecular flexibility index (Phi) is 13.9. The van der Waals surface area contributed by atoms with Gasteiger partial charge < -0.3 is 5.73 Å². The van der Waals surface area contributed by atoms with E-state index in [2.05, 4.69) is 19.1 Å². The zero-order chi connectivity index (χ0) is 18.9. The van der Waals surface area contributed by atoms with E-state index in [0.717, 1.165) is 12.0 Å². The van der Waals surface area contributed by atoms with Crippen molar-refractivity contribution in [1.82, 2.24) is 0 Å². The summed E-state index contributed by atoms with van der Waals surface area (Å²) in [5.41, 5.74) is 7.67. The first-order valence-corrected chi connectivity index (χ1v) is 11.2. The fourth-order valence-electron chi connectivity index (χ4n) is 3.55. The second-order valence-electron chi connectivity index (χ2n) is 7.81. The maximum Gasteiger partial charge on any atom is 0.122 e. The molecule has 0 amide bonds. The Morgan fingerprint density at radius 2 is 1.04 bits per heavy atom. The summed E-state index contributed by atoms with van der Waals surface area (Å²) in [4.78, 5) is 0. The van der Waals surface area contributed by atoms with Crippen LogP contribution in [-0.2, 0) is 6.42 Å². The van der Waals surface area contributed by atoms with Gasteiger partial charge in [0.15, 0.2) is 0 Å². The van der Waals surface area contributed by atoms with Gasteiger partial charge in [-0.2, -0.15) is 0 Å². The molecule has 0 saturated heterocycles. The summed E-state index contributed by atoms with van der Waals surface area (Å²) in [5.74, 6) is 0.156. The molecule has 1 aromatic rings. The van der Waals surface area contributed by atoms with Crippen LogP contribution in [-0.4, -0.2) is 5.84 Å². The number of benzene rings is 1. The minimum atomic E-state index is 0.156. The first-order valence-electron chi connectivity index (χ1n) is 11.2. The zero-order valence-electron chi connectivity index (χ0n) is 17.2. The maximum absolute atomic E-state index is 7.41. The molecule has 0 bridgehead atoms. The van der Waals surface area contributed by atoms with Gasteiger partial charge >= 0.3 is 0 Å². The lowest BCUT2D eigenvalue weighted by Crippen LogP contribution is -2.10. The fraction of sp³-hybridized carbons (Fsp3) is 0.708. The van der Waals surface area contributed by atoms with Crippen LogP contribution in [0.2, 0.25) is 0 Å². The molecule has 1 aromatic carbocycles. The summed E-state index contributed by atoms with van der Waals surface area (Å²) < 4.78 is 0. The van der Waals surface area contributed by atoms with Gasteiger partial charge in [0.05, 0.1) is 0 Å². The molecule has 0 spiro atoms. The first-order chi connectivity index (χ1) is 12.7. The highest BCUT2D eigenvalue weighted by molar-refractivity contribution is 5.94. The predicted octanol–water partition coefficient (Wildman–Crippen LogP) is 7.38. The average molecular weight is 359 g/mol. The van der Waals surface area contributed by atoms with Gasteiger partial charge in [-0.3, -0.25) is 5.41 Å². The number of rotatable bonds is 17. The molecule has 0 aliphatic heterocycles. The number of hydrogen-bond acceptors (Lipinski definition) is 1. The predicted molar refractivity (Wildman–Crippen MR) is 116 cm³/mol. The lowest BCUT2D eigenvalue weighted by atomic mass is 10.0. The van der Waals surface area contributed by atoms with Crippen LogP contribution in [0.4, 0.5) is 0 Å². The topological polar surface area (TPSA) is 49.9 Å². The van der Waals surface area contributed by atoms with Crippen LogP contribution >= 0.6 is 0 Å². The number of amidine groups is 1. The van der Waals surface area contributed by atoms with E-state index in [1.54, 1.807) is 0 Å². The van der Waals surface area contributed by atoms with E-state index in [0.29, 0.717) is 0 Å². The highest BCUT2D eigenvalue weighted by Crippen LogP contribution is 2.14. The Balaban J connectivity index is 1.83. The lowest BCUT2D eigenvalue weighted by molar-refractivity contribution is 0.532. The summed E-state index contributed by atoms with van der Waals surface area (Å²) in [5, 5.41) is 7.41. The van der Waals surface area contributed by atoms with Gasteiger partial charge in [0.2, 0.25) is 0 Å². The molecule has 2 nitrogen and oxygen atoms in total. The van der Waals surface area contributed by atoms with Gasteiger partial charge in [-0.25, -0.2) is 0 Å². The van der Waals surface area contributed by atoms with Crippen LogP contribution < -0.4 is 5.73 Å². The van der Waals surface area contributed by atoms with E-state index in [1.165, 1.54) is 102 Å². The second kappa shape index (κ2) is 15.9. The van der Waals surface area contributed by atoms with Crippen molar-refractivity contribution in [3.05, 3.63) is 35.4 Å². The van der Waals surface area contributed by atoms with E-state index in [9.17, 15) is 0 Å². The third-order valence-electron chi connectivity index (χ3n) is 5.33. The molecule has 0 saturated carbocycles. The fourth-order valence-corrected chi connectivity index (χ4v) is 3.55. The summed E-state index contributed by atoms with van der Waals surface area (Å²) in [7, 11) is 0. The van der Waals surface area contributed by atoms with Gasteiger partial charge in [0, 0.05) is 5.56 Å². The molecule has 26 heavy (non-hydrogen) atoms. The van der Waals surface area contributed by atoms with Crippen molar-refractivity contribution in [2.45, 2.75) is 110 Å². The SMILES string of the molecule is CCCCCCCCCCCCCCCCCc1ccc(C(=N)N)cc1. The molecule has 3 N–H and O–H groups in total. The molecule has 0 fully saturated rings. The van der Waals surface area contributed by atoms with Crippen LogP contribution in [0.1, 0.15) is 114 Å². The summed E-state index contributed by atoms with van der Waals surface area (Å²) in [6, 6.07) is 8.15. The summed E-state index contributed by atoms with van der Waals surface area (Å²) >= 11 is 0. The van der Waals surface area contributed by atoms with Crippen LogP contribution in [0.15, 0.2) is 24.3 Å². The van der Waals surface area contributed by atoms with Crippen molar-refractivity contribution >= 4 is 5.84 Å². The van der Waals surface area contributed by atoms with Crippen LogP contribution in [0.25, 0.3) is 0 Å². The van der Waals surface area contributed by atoms with Gasteiger partial charge in [0.1, 0.15) is 5.84 Å². The van der Waals surface area contributed by atoms with E-state index < -0.39 is 0 Å². The molecule has 0 radical (unpaired) electrons. The summed E-state index contributed by atoms with van der Waals surface area (Å²) in [6.45, 7) is 2.29. The van der Waals surface area contributed by atoms with Crippen molar-refractivity contribution < 1.29 is 0 Å². The zero-order valence-corrected chi connectivity index (χ0v) is 17.2. The number of unbranched alkanes of at least 4 members (excludes halogenated alkanes) is 14. The Hall–Kier alpha value is -1.31. The third kappa shape index (κ3) is 12.1. The van der Waals surface area contributed by atoms with Crippen LogP contribution in [0.3, 0.4) is 0 Å². The van der Waals surface area contributed by atoms with E-state index >= 15 is 0 Å². The van der Waals surface area contributed by atoms with Crippen molar-refractivity contribution in [3.63, 3.8) is 0 Å². The van der Waals surface area contributed by atoms with Gasteiger partial charge in [0.25, 0.3) is 0 Å². The number of nitrogens with one attached hydrogen (secondary N) is 1. The molecule has 0 unspecified atom stereocenters. The molecule has 0 aliphatic carbocycles. The van der Waals surface area contributed by atoms with E-state index in [1.807, 2.05) is 12.1 Å². The van der Waals surface area contributed by atoms with Crippen molar-refractivity contribution in [2.24, 2.45) is 5.73 Å². The van der Waals surface area contributed by atoms with E-state index in [4.69, 9.17) is 11.1 Å². The number of hydrogen-bond donors (Lipinski definition) is 2. The lowest BCUT2D eigenvalue weighted by Gasteiger charge is -2.04. The molecule has 0 aromatic heterocycles. The molecule has 0 atom stereocenters. The average Bonchev–Trinajstić information content (AvgIpc) is 2.65. The highest BCUT2D eigenvalue weighted by Gasteiger charge is 1.98.